The normalized spacial score (nSPS) is 10.8. The van der Waals surface area contributed by atoms with Crippen LogP contribution in [0.1, 0.15) is 28.6 Å². The van der Waals surface area contributed by atoms with Gasteiger partial charge in [0, 0.05) is 4.70 Å². The lowest BCUT2D eigenvalue weighted by Gasteiger charge is -1.98. The fourth-order valence-corrected chi connectivity index (χ4v) is 3.07. The van der Waals surface area contributed by atoms with E-state index in [1.165, 1.54) is 16.7 Å². The summed E-state index contributed by atoms with van der Waals surface area (Å²) in [5.41, 5.74) is 1.11. The van der Waals surface area contributed by atoms with Gasteiger partial charge in [-0.1, -0.05) is 31.5 Å². The molecule has 78 valence electrons. The predicted molar refractivity (Wildman–Crippen MR) is 66.0 cm³/mol. The molecule has 0 saturated heterocycles. The van der Waals surface area contributed by atoms with Gasteiger partial charge in [0.25, 0.3) is 5.24 Å². The van der Waals surface area contributed by atoms with Crippen LogP contribution in [0.2, 0.25) is 0 Å². The Balaban J connectivity index is 2.68. The van der Waals surface area contributed by atoms with E-state index >= 15 is 0 Å². The number of aryl methyl sites for hydroxylation is 1. The Kier molecular flexibility index (Phi) is 3.08. The molecule has 0 aliphatic heterocycles. The van der Waals surface area contributed by atoms with Crippen LogP contribution in [0, 0.1) is 0 Å². The molecule has 0 bridgehead atoms. The number of halogens is 1. The van der Waals surface area contributed by atoms with Crippen LogP contribution in [0.4, 0.5) is 0 Å². The molecule has 0 atom stereocenters. The van der Waals surface area contributed by atoms with Crippen molar-refractivity contribution in [2.75, 3.05) is 0 Å². The molecular weight excluding hydrogens is 228 g/mol. The molecule has 0 fully saturated rings. The number of hydrogen-bond donors (Lipinski definition) is 0. The van der Waals surface area contributed by atoms with Crippen LogP contribution in [0.3, 0.4) is 0 Å². The summed E-state index contributed by atoms with van der Waals surface area (Å²) in [6.45, 7) is 2.11. The third-order valence-corrected chi connectivity index (χ3v) is 3.89. The highest BCUT2D eigenvalue weighted by molar-refractivity contribution is 7.22. The molecule has 0 aliphatic rings. The van der Waals surface area contributed by atoms with Gasteiger partial charge in [-0.05, 0) is 35.0 Å². The molecule has 2 aromatic rings. The quantitative estimate of drug-likeness (QED) is 0.732. The first-order valence-electron chi connectivity index (χ1n) is 4.94. The Morgan fingerprint density at radius 3 is 2.80 bits per heavy atom. The molecule has 0 aliphatic carbocycles. The van der Waals surface area contributed by atoms with Crippen molar-refractivity contribution in [1.29, 1.82) is 0 Å². The predicted octanol–water partition coefficient (Wildman–Crippen LogP) is 4.23. The van der Waals surface area contributed by atoms with Gasteiger partial charge in [0.1, 0.15) is 0 Å². The zero-order valence-electron chi connectivity index (χ0n) is 8.42. The van der Waals surface area contributed by atoms with Crippen LogP contribution in [0.15, 0.2) is 24.3 Å². The van der Waals surface area contributed by atoms with Crippen molar-refractivity contribution in [3.63, 3.8) is 0 Å². The molecule has 2 rings (SSSR count). The minimum atomic E-state index is -0.334. The van der Waals surface area contributed by atoms with E-state index in [4.69, 9.17) is 11.6 Å². The molecule has 15 heavy (non-hydrogen) atoms. The van der Waals surface area contributed by atoms with Crippen molar-refractivity contribution >= 4 is 38.3 Å². The molecular formula is C12H11ClOS. The van der Waals surface area contributed by atoms with Crippen LogP contribution < -0.4 is 0 Å². The maximum Gasteiger partial charge on any atom is 0.262 e. The summed E-state index contributed by atoms with van der Waals surface area (Å²) >= 11 is 7.08. The van der Waals surface area contributed by atoms with Crippen molar-refractivity contribution in [3.05, 3.63) is 34.7 Å². The second kappa shape index (κ2) is 4.33. The van der Waals surface area contributed by atoms with Crippen molar-refractivity contribution in [2.24, 2.45) is 0 Å². The van der Waals surface area contributed by atoms with Crippen LogP contribution in [0.5, 0.6) is 0 Å². The van der Waals surface area contributed by atoms with Crippen LogP contribution >= 0.6 is 22.9 Å². The summed E-state index contributed by atoms with van der Waals surface area (Å²) in [7, 11) is 0. The zero-order chi connectivity index (χ0) is 10.8. The molecule has 0 saturated carbocycles. The lowest BCUT2D eigenvalue weighted by atomic mass is 10.1. The number of fused-ring (bicyclic) bond motifs is 1. The molecule has 0 spiro atoms. The molecule has 1 aromatic carbocycles. The van der Waals surface area contributed by atoms with Gasteiger partial charge in [-0.25, -0.2) is 0 Å². The minimum absolute atomic E-state index is 0.334. The van der Waals surface area contributed by atoms with E-state index in [0.29, 0.717) is 4.88 Å². The monoisotopic (exact) mass is 238 g/mol. The van der Waals surface area contributed by atoms with Gasteiger partial charge in [-0.3, -0.25) is 4.79 Å². The second-order valence-electron chi connectivity index (χ2n) is 3.43. The Labute approximate surface area is 97.7 Å². The van der Waals surface area contributed by atoms with E-state index in [2.05, 4.69) is 13.0 Å². The lowest BCUT2D eigenvalue weighted by Crippen LogP contribution is -1.91. The lowest BCUT2D eigenvalue weighted by molar-refractivity contribution is 0.108. The van der Waals surface area contributed by atoms with Gasteiger partial charge < -0.3 is 0 Å². The zero-order valence-corrected chi connectivity index (χ0v) is 9.99. The topological polar surface area (TPSA) is 17.1 Å². The van der Waals surface area contributed by atoms with Gasteiger partial charge >= 0.3 is 0 Å². The second-order valence-corrected chi connectivity index (χ2v) is 4.83. The molecule has 0 amide bonds. The summed E-state index contributed by atoms with van der Waals surface area (Å²) in [6, 6.07) is 8.07. The maximum absolute atomic E-state index is 11.3. The number of rotatable bonds is 3. The molecule has 1 heterocycles. The van der Waals surface area contributed by atoms with Crippen molar-refractivity contribution < 1.29 is 4.79 Å². The average molecular weight is 239 g/mol. The first-order chi connectivity index (χ1) is 7.24. The maximum atomic E-state index is 11.3. The smallest absolute Gasteiger partial charge is 0.262 e. The SMILES string of the molecule is CCCc1c(C(=O)Cl)sc2ccccc12. The van der Waals surface area contributed by atoms with Gasteiger partial charge in [0.05, 0.1) is 4.88 Å². The molecule has 0 radical (unpaired) electrons. The summed E-state index contributed by atoms with van der Waals surface area (Å²) in [4.78, 5) is 12.0. The van der Waals surface area contributed by atoms with Crippen LogP contribution in [0.25, 0.3) is 10.1 Å². The van der Waals surface area contributed by atoms with Gasteiger partial charge in [-0.2, -0.15) is 0 Å². The summed E-state index contributed by atoms with van der Waals surface area (Å²) in [5, 5.41) is 0.841. The van der Waals surface area contributed by atoms with Crippen molar-refractivity contribution in [1.82, 2.24) is 0 Å². The number of thiophene rings is 1. The van der Waals surface area contributed by atoms with Crippen molar-refractivity contribution in [3.8, 4) is 0 Å². The van der Waals surface area contributed by atoms with E-state index < -0.39 is 0 Å². The molecule has 3 heteroatoms. The summed E-state index contributed by atoms with van der Waals surface area (Å²) < 4.78 is 1.14. The number of benzene rings is 1. The van der Waals surface area contributed by atoms with Crippen molar-refractivity contribution in [2.45, 2.75) is 19.8 Å². The van der Waals surface area contributed by atoms with E-state index in [-0.39, 0.29) is 5.24 Å². The van der Waals surface area contributed by atoms with Gasteiger partial charge in [0.2, 0.25) is 0 Å². The molecule has 0 N–H and O–H groups in total. The van der Waals surface area contributed by atoms with E-state index in [9.17, 15) is 4.79 Å². The summed E-state index contributed by atoms with van der Waals surface area (Å²) in [6.07, 6.45) is 1.94. The largest absolute Gasteiger partial charge is 0.275 e. The Hall–Kier alpha value is -0.860. The summed E-state index contributed by atoms with van der Waals surface area (Å²) in [5.74, 6) is 0. The third-order valence-electron chi connectivity index (χ3n) is 2.38. The van der Waals surface area contributed by atoms with E-state index in [1.54, 1.807) is 0 Å². The van der Waals surface area contributed by atoms with E-state index in [0.717, 1.165) is 23.1 Å². The highest BCUT2D eigenvalue weighted by Crippen LogP contribution is 2.33. The Morgan fingerprint density at radius 1 is 1.40 bits per heavy atom. The number of carbonyl (C=O) groups excluding carboxylic acids is 1. The Bertz CT molecular complexity index is 501. The Morgan fingerprint density at radius 2 is 2.13 bits per heavy atom. The minimum Gasteiger partial charge on any atom is -0.275 e. The fourth-order valence-electron chi connectivity index (χ4n) is 1.76. The van der Waals surface area contributed by atoms with Gasteiger partial charge in [-0.15, -0.1) is 11.3 Å². The number of carbonyl (C=O) groups is 1. The standard InChI is InChI=1S/C12H11ClOS/c1-2-5-9-8-6-3-4-7-10(8)15-11(9)12(13)14/h3-4,6-7H,2,5H2,1H3. The van der Waals surface area contributed by atoms with Crippen LogP contribution in [-0.2, 0) is 6.42 Å². The van der Waals surface area contributed by atoms with Gasteiger partial charge in [0.15, 0.2) is 0 Å². The highest BCUT2D eigenvalue weighted by atomic mass is 35.5. The molecule has 1 aromatic heterocycles. The molecule has 1 nitrogen and oxygen atoms in total. The highest BCUT2D eigenvalue weighted by Gasteiger charge is 2.15. The molecule has 0 unspecified atom stereocenters. The third kappa shape index (κ3) is 1.92. The number of hydrogen-bond acceptors (Lipinski definition) is 2. The van der Waals surface area contributed by atoms with E-state index in [1.807, 2.05) is 18.2 Å². The van der Waals surface area contributed by atoms with Crippen LogP contribution in [-0.4, -0.2) is 5.24 Å². The average Bonchev–Trinajstić information content (AvgIpc) is 2.58. The first-order valence-corrected chi connectivity index (χ1v) is 6.13. The fraction of sp³-hybridized carbons (Fsp3) is 0.250. The first kappa shape index (κ1) is 10.7.